The van der Waals surface area contributed by atoms with Crippen molar-refractivity contribution in [3.63, 3.8) is 0 Å². The zero-order chi connectivity index (χ0) is 15.0. The summed E-state index contributed by atoms with van der Waals surface area (Å²) in [5.74, 6) is -1.23. The van der Waals surface area contributed by atoms with Gasteiger partial charge in [0.15, 0.2) is 5.69 Å². The molecule has 1 aromatic heterocycles. The molecule has 1 N–H and O–H groups in total. The van der Waals surface area contributed by atoms with Gasteiger partial charge in [0.25, 0.3) is 5.91 Å². The zero-order valence-electron chi connectivity index (χ0n) is 12.3. The number of hydrogen-bond acceptors (Lipinski definition) is 3. The van der Waals surface area contributed by atoms with E-state index in [0.717, 1.165) is 5.69 Å². The molecule has 1 aliphatic rings. The van der Waals surface area contributed by atoms with E-state index in [1.165, 1.54) is 0 Å². The molecule has 0 bridgehead atoms. The Kier molecular flexibility index (Phi) is 3.83. The van der Waals surface area contributed by atoms with Gasteiger partial charge in [0.2, 0.25) is 0 Å². The summed E-state index contributed by atoms with van der Waals surface area (Å²) in [5, 5.41) is 13.4. The summed E-state index contributed by atoms with van der Waals surface area (Å²) in [7, 11) is 1.82. The van der Waals surface area contributed by atoms with Gasteiger partial charge in [-0.3, -0.25) is 14.3 Å². The van der Waals surface area contributed by atoms with Gasteiger partial charge in [0, 0.05) is 25.8 Å². The smallest absolute Gasteiger partial charge is 0.308 e. The van der Waals surface area contributed by atoms with Crippen LogP contribution in [-0.4, -0.2) is 44.8 Å². The molecule has 2 atom stereocenters. The molecular formula is C14H21N3O3. The summed E-state index contributed by atoms with van der Waals surface area (Å²) in [6, 6.07) is 1.80. The van der Waals surface area contributed by atoms with Crippen LogP contribution >= 0.6 is 0 Å². The van der Waals surface area contributed by atoms with Gasteiger partial charge in [-0.05, 0) is 17.9 Å². The second-order valence-corrected chi connectivity index (χ2v) is 5.86. The lowest BCUT2D eigenvalue weighted by Gasteiger charge is -2.13. The Morgan fingerprint density at radius 3 is 2.50 bits per heavy atom. The highest BCUT2D eigenvalue weighted by Gasteiger charge is 2.37. The number of carbonyl (C=O) groups is 2. The Hall–Kier alpha value is -1.85. The lowest BCUT2D eigenvalue weighted by molar-refractivity contribution is -0.142. The van der Waals surface area contributed by atoms with Crippen LogP contribution in [0.2, 0.25) is 0 Å². The molecule has 0 unspecified atom stereocenters. The van der Waals surface area contributed by atoms with Gasteiger partial charge in [0.1, 0.15) is 0 Å². The largest absolute Gasteiger partial charge is 0.481 e. The van der Waals surface area contributed by atoms with Gasteiger partial charge in [-0.2, -0.15) is 5.10 Å². The molecule has 0 spiro atoms. The number of likely N-dealkylation sites (tertiary alicyclic amines) is 1. The number of aryl methyl sites for hydroxylation is 1. The second-order valence-electron chi connectivity index (χ2n) is 5.86. The molecule has 1 aliphatic heterocycles. The van der Waals surface area contributed by atoms with Crippen molar-refractivity contribution in [2.75, 3.05) is 13.1 Å². The van der Waals surface area contributed by atoms with Crippen LogP contribution in [0.25, 0.3) is 0 Å². The SMILES string of the molecule is CC(C)c1cc(C(=O)N2C[C@@H](C)[C@H](C(=O)O)C2)nn1C. The summed E-state index contributed by atoms with van der Waals surface area (Å²) in [5.41, 5.74) is 1.39. The van der Waals surface area contributed by atoms with Crippen molar-refractivity contribution in [3.8, 4) is 0 Å². The van der Waals surface area contributed by atoms with Crippen molar-refractivity contribution < 1.29 is 14.7 Å². The average Bonchev–Trinajstić information content (AvgIpc) is 2.91. The van der Waals surface area contributed by atoms with E-state index >= 15 is 0 Å². The molecule has 110 valence electrons. The minimum atomic E-state index is -0.836. The topological polar surface area (TPSA) is 75.4 Å². The Balaban J connectivity index is 2.17. The number of carboxylic acids is 1. The van der Waals surface area contributed by atoms with Crippen molar-refractivity contribution >= 4 is 11.9 Å². The maximum atomic E-state index is 12.4. The molecule has 0 aliphatic carbocycles. The standard InChI is InChI=1S/C14H21N3O3/c1-8(2)12-5-11(15-16(12)4)13(18)17-6-9(3)10(7-17)14(19)20/h5,8-10H,6-7H2,1-4H3,(H,19,20)/t9-,10-/m1/s1. The van der Waals surface area contributed by atoms with Crippen molar-refractivity contribution in [1.82, 2.24) is 14.7 Å². The maximum Gasteiger partial charge on any atom is 0.308 e. The normalized spacial score (nSPS) is 22.6. The van der Waals surface area contributed by atoms with Crippen LogP contribution in [0.3, 0.4) is 0 Å². The van der Waals surface area contributed by atoms with Gasteiger partial charge in [-0.15, -0.1) is 0 Å². The van der Waals surface area contributed by atoms with Gasteiger partial charge in [0.05, 0.1) is 5.92 Å². The monoisotopic (exact) mass is 279 g/mol. The van der Waals surface area contributed by atoms with Gasteiger partial charge < -0.3 is 10.0 Å². The van der Waals surface area contributed by atoms with Gasteiger partial charge >= 0.3 is 5.97 Å². The summed E-state index contributed by atoms with van der Waals surface area (Å²) < 4.78 is 1.71. The molecule has 2 rings (SSSR count). The van der Waals surface area contributed by atoms with Crippen LogP contribution in [0.1, 0.15) is 42.9 Å². The number of carbonyl (C=O) groups excluding carboxylic acids is 1. The van der Waals surface area contributed by atoms with Crippen molar-refractivity contribution in [2.45, 2.75) is 26.7 Å². The fourth-order valence-corrected chi connectivity index (χ4v) is 2.74. The van der Waals surface area contributed by atoms with E-state index in [1.54, 1.807) is 15.6 Å². The van der Waals surface area contributed by atoms with E-state index in [9.17, 15) is 9.59 Å². The minimum absolute atomic E-state index is 0.0234. The van der Waals surface area contributed by atoms with Gasteiger partial charge in [-0.25, -0.2) is 0 Å². The third-order valence-corrected chi connectivity index (χ3v) is 3.94. The van der Waals surface area contributed by atoms with Crippen LogP contribution in [0.5, 0.6) is 0 Å². The third-order valence-electron chi connectivity index (χ3n) is 3.94. The summed E-state index contributed by atoms with van der Waals surface area (Å²) >= 11 is 0. The molecule has 6 nitrogen and oxygen atoms in total. The second kappa shape index (κ2) is 5.26. The molecule has 0 aromatic carbocycles. The highest BCUT2D eigenvalue weighted by Crippen LogP contribution is 2.25. The number of amides is 1. The Morgan fingerprint density at radius 2 is 2.05 bits per heavy atom. The highest BCUT2D eigenvalue weighted by atomic mass is 16.4. The van der Waals surface area contributed by atoms with Crippen LogP contribution in [-0.2, 0) is 11.8 Å². The molecule has 6 heteroatoms. The first-order valence-electron chi connectivity index (χ1n) is 6.87. The lowest BCUT2D eigenvalue weighted by Crippen LogP contribution is -2.30. The summed E-state index contributed by atoms with van der Waals surface area (Å²) in [6.45, 7) is 6.70. The molecule has 0 saturated carbocycles. The van der Waals surface area contributed by atoms with Crippen molar-refractivity contribution in [1.29, 1.82) is 0 Å². The molecule has 1 saturated heterocycles. The van der Waals surface area contributed by atoms with Crippen molar-refractivity contribution in [3.05, 3.63) is 17.5 Å². The first-order valence-corrected chi connectivity index (χ1v) is 6.87. The summed E-state index contributed by atoms with van der Waals surface area (Å²) in [4.78, 5) is 25.1. The average molecular weight is 279 g/mol. The number of aliphatic carboxylic acids is 1. The number of nitrogens with zero attached hydrogens (tertiary/aromatic N) is 3. The van der Waals surface area contributed by atoms with Crippen molar-refractivity contribution in [2.24, 2.45) is 18.9 Å². The number of aromatic nitrogens is 2. The Morgan fingerprint density at radius 1 is 1.40 bits per heavy atom. The quantitative estimate of drug-likeness (QED) is 0.906. The lowest BCUT2D eigenvalue weighted by atomic mass is 9.99. The fourth-order valence-electron chi connectivity index (χ4n) is 2.74. The number of carboxylic acid groups (broad SMARTS) is 1. The van der Waals surface area contributed by atoms with Crippen LogP contribution in [0.15, 0.2) is 6.07 Å². The van der Waals surface area contributed by atoms with E-state index in [-0.39, 0.29) is 18.4 Å². The zero-order valence-corrected chi connectivity index (χ0v) is 12.3. The predicted molar refractivity (Wildman–Crippen MR) is 73.5 cm³/mol. The maximum absolute atomic E-state index is 12.4. The van der Waals surface area contributed by atoms with Crippen LogP contribution < -0.4 is 0 Å². The number of hydrogen-bond donors (Lipinski definition) is 1. The summed E-state index contributed by atoms with van der Waals surface area (Å²) in [6.07, 6.45) is 0. The minimum Gasteiger partial charge on any atom is -0.481 e. The number of rotatable bonds is 3. The van der Waals surface area contributed by atoms with Crippen LogP contribution in [0, 0.1) is 11.8 Å². The van der Waals surface area contributed by atoms with E-state index < -0.39 is 11.9 Å². The first-order chi connectivity index (χ1) is 9.31. The first kappa shape index (κ1) is 14.6. The van der Waals surface area contributed by atoms with E-state index in [1.807, 2.05) is 27.8 Å². The molecule has 2 heterocycles. The molecular weight excluding hydrogens is 258 g/mol. The molecule has 1 amide bonds. The van der Waals surface area contributed by atoms with Crippen LogP contribution in [0.4, 0.5) is 0 Å². The molecule has 20 heavy (non-hydrogen) atoms. The van der Waals surface area contributed by atoms with Gasteiger partial charge in [-0.1, -0.05) is 20.8 Å². The Bertz CT molecular complexity index is 536. The Labute approximate surface area is 118 Å². The molecule has 1 fully saturated rings. The molecule has 1 aromatic rings. The van der Waals surface area contributed by atoms with E-state index in [2.05, 4.69) is 5.10 Å². The van der Waals surface area contributed by atoms with E-state index in [4.69, 9.17) is 5.11 Å². The van der Waals surface area contributed by atoms with E-state index in [0.29, 0.717) is 18.2 Å². The third kappa shape index (κ3) is 2.55. The molecule has 0 radical (unpaired) electrons. The fraction of sp³-hybridized carbons (Fsp3) is 0.643. The highest BCUT2D eigenvalue weighted by molar-refractivity contribution is 5.93. The predicted octanol–water partition coefficient (Wildman–Crippen LogP) is 1.34.